The van der Waals surface area contributed by atoms with Crippen LogP contribution in [0.2, 0.25) is 5.02 Å². The quantitative estimate of drug-likeness (QED) is 0.240. The van der Waals surface area contributed by atoms with E-state index >= 15 is 0 Å². The Balaban J connectivity index is 1.34. The highest BCUT2D eigenvalue weighted by atomic mass is 35.5. The fourth-order valence-electron chi connectivity index (χ4n) is 4.90. The number of aryl methyl sites for hydroxylation is 2. The fourth-order valence-corrected chi connectivity index (χ4v) is 6.09. The van der Waals surface area contributed by atoms with Crippen LogP contribution in [0.1, 0.15) is 34.0 Å². The number of ether oxygens (including phenoxy) is 1. The Morgan fingerprint density at radius 1 is 1.09 bits per heavy atom. The molecule has 43 heavy (non-hydrogen) atoms. The fraction of sp³-hybridized carbons (Fsp3) is 0.286. The zero-order valence-electron chi connectivity index (χ0n) is 22.7. The number of carbonyl (C=O) groups is 1. The van der Waals surface area contributed by atoms with Crippen LogP contribution in [0.3, 0.4) is 0 Å². The molecule has 5 aromatic rings. The SMILES string of the molecule is Cc1cc(-c2cc(Cl)ccc2OCCn2c(C)nc3nc(C(F)(F)F)c(N4CCC4)nc3c2=O)c2scc(C(=O)O)c2n1. The number of rotatable bonds is 7. The lowest BCUT2D eigenvalue weighted by Gasteiger charge is -2.33. The van der Waals surface area contributed by atoms with Gasteiger partial charge in [0, 0.05) is 40.3 Å². The average molecular weight is 631 g/mol. The number of carboxylic acids is 1. The maximum atomic E-state index is 13.7. The number of nitrogens with zero attached hydrogens (tertiary/aromatic N) is 6. The third-order valence-electron chi connectivity index (χ3n) is 7.07. The predicted molar refractivity (Wildman–Crippen MR) is 155 cm³/mol. The first kappa shape index (κ1) is 28.8. The van der Waals surface area contributed by atoms with E-state index in [-0.39, 0.29) is 41.5 Å². The summed E-state index contributed by atoms with van der Waals surface area (Å²) >= 11 is 7.57. The summed E-state index contributed by atoms with van der Waals surface area (Å²) in [5, 5.41) is 11.6. The molecule has 0 aliphatic carbocycles. The molecule has 222 valence electrons. The number of aromatic nitrogens is 5. The number of hydrogen-bond acceptors (Lipinski definition) is 9. The van der Waals surface area contributed by atoms with E-state index in [1.54, 1.807) is 25.1 Å². The van der Waals surface area contributed by atoms with Gasteiger partial charge >= 0.3 is 12.1 Å². The van der Waals surface area contributed by atoms with E-state index in [9.17, 15) is 27.9 Å². The van der Waals surface area contributed by atoms with Gasteiger partial charge in [0.2, 0.25) is 0 Å². The van der Waals surface area contributed by atoms with Crippen molar-refractivity contribution in [1.29, 1.82) is 0 Å². The third-order valence-corrected chi connectivity index (χ3v) is 8.31. The van der Waals surface area contributed by atoms with Crippen LogP contribution in [0.25, 0.3) is 32.5 Å². The van der Waals surface area contributed by atoms with Crippen LogP contribution < -0.4 is 15.2 Å². The van der Waals surface area contributed by atoms with Gasteiger partial charge in [-0.25, -0.2) is 19.7 Å². The lowest BCUT2D eigenvalue weighted by Crippen LogP contribution is -2.40. The van der Waals surface area contributed by atoms with E-state index in [0.29, 0.717) is 50.9 Å². The lowest BCUT2D eigenvalue weighted by atomic mass is 10.0. The van der Waals surface area contributed by atoms with Crippen molar-refractivity contribution in [2.24, 2.45) is 0 Å². The van der Waals surface area contributed by atoms with E-state index in [4.69, 9.17) is 16.3 Å². The minimum Gasteiger partial charge on any atom is -0.491 e. The predicted octanol–water partition coefficient (Wildman–Crippen LogP) is 5.74. The van der Waals surface area contributed by atoms with Gasteiger partial charge in [0.1, 0.15) is 18.2 Å². The molecule has 1 N–H and O–H groups in total. The summed E-state index contributed by atoms with van der Waals surface area (Å²) in [6.45, 7) is 4.05. The highest BCUT2D eigenvalue weighted by molar-refractivity contribution is 7.18. The highest BCUT2D eigenvalue weighted by Gasteiger charge is 2.40. The van der Waals surface area contributed by atoms with Crippen molar-refractivity contribution in [2.45, 2.75) is 33.0 Å². The number of thiophene rings is 1. The van der Waals surface area contributed by atoms with Crippen LogP contribution >= 0.6 is 22.9 Å². The number of halogens is 4. The molecule has 0 saturated carbocycles. The maximum absolute atomic E-state index is 13.7. The minimum absolute atomic E-state index is 0.00631. The van der Waals surface area contributed by atoms with Gasteiger partial charge in [-0.2, -0.15) is 13.2 Å². The molecule has 6 rings (SSSR count). The lowest BCUT2D eigenvalue weighted by molar-refractivity contribution is -0.140. The third kappa shape index (κ3) is 5.25. The van der Waals surface area contributed by atoms with Gasteiger partial charge in [0.25, 0.3) is 5.56 Å². The van der Waals surface area contributed by atoms with Crippen molar-refractivity contribution in [3.63, 3.8) is 0 Å². The molecule has 0 spiro atoms. The van der Waals surface area contributed by atoms with E-state index in [0.717, 1.165) is 6.42 Å². The molecule has 0 atom stereocenters. The molecule has 1 fully saturated rings. The van der Waals surface area contributed by atoms with Gasteiger partial charge in [-0.15, -0.1) is 11.3 Å². The van der Waals surface area contributed by atoms with Crippen molar-refractivity contribution >= 4 is 56.1 Å². The summed E-state index contributed by atoms with van der Waals surface area (Å²) in [7, 11) is 0. The molecule has 0 radical (unpaired) electrons. The number of alkyl halides is 3. The molecular weight excluding hydrogens is 609 g/mol. The zero-order valence-corrected chi connectivity index (χ0v) is 24.3. The van der Waals surface area contributed by atoms with Crippen LogP contribution in [0.15, 0.2) is 34.4 Å². The molecule has 0 bridgehead atoms. The second-order valence-corrected chi connectivity index (χ2v) is 11.3. The number of fused-ring (bicyclic) bond motifs is 2. The zero-order chi connectivity index (χ0) is 30.6. The summed E-state index contributed by atoms with van der Waals surface area (Å²) in [5.41, 5.74) is -0.0723. The number of hydrogen-bond donors (Lipinski definition) is 1. The van der Waals surface area contributed by atoms with Gasteiger partial charge in [-0.1, -0.05) is 11.6 Å². The second-order valence-electron chi connectivity index (χ2n) is 9.95. The van der Waals surface area contributed by atoms with E-state index < -0.39 is 23.4 Å². The summed E-state index contributed by atoms with van der Waals surface area (Å²) < 4.78 is 49.2. The molecule has 1 aliphatic rings. The van der Waals surface area contributed by atoms with Gasteiger partial charge in [-0.05, 0) is 44.5 Å². The number of pyridine rings is 1. The van der Waals surface area contributed by atoms with Crippen LogP contribution in [0.5, 0.6) is 5.75 Å². The summed E-state index contributed by atoms with van der Waals surface area (Å²) in [6, 6.07) is 6.82. The molecule has 10 nitrogen and oxygen atoms in total. The minimum atomic E-state index is -4.75. The normalized spacial score (nSPS) is 13.5. The smallest absolute Gasteiger partial charge is 0.437 e. The largest absolute Gasteiger partial charge is 0.491 e. The van der Waals surface area contributed by atoms with Crippen LogP contribution in [0.4, 0.5) is 19.0 Å². The van der Waals surface area contributed by atoms with Crippen molar-refractivity contribution in [3.05, 3.63) is 67.8 Å². The molecule has 0 amide bonds. The van der Waals surface area contributed by atoms with E-state index in [1.165, 1.54) is 33.1 Å². The standard InChI is InChI=1S/C28H22ClF3N6O4S/c1-13-10-17(22-20(33-13)18(12-43-22)27(40)41)16-11-15(29)4-5-19(16)42-9-8-38-14(2)34-24-21(26(38)39)35-25(37-6-3-7-37)23(36-24)28(30,31)32/h4-5,10-12H,3,6-9H2,1-2H3,(H,40,41). The molecule has 5 heterocycles. The molecule has 1 aliphatic heterocycles. The average Bonchev–Trinajstić information content (AvgIpc) is 3.33. The Bertz CT molecular complexity index is 1990. The number of benzene rings is 1. The van der Waals surface area contributed by atoms with Crippen molar-refractivity contribution in [3.8, 4) is 16.9 Å². The van der Waals surface area contributed by atoms with Crippen molar-refractivity contribution < 1.29 is 27.8 Å². The molecular formula is C28H22ClF3N6O4S. The monoisotopic (exact) mass is 630 g/mol. The van der Waals surface area contributed by atoms with Gasteiger partial charge in [0.15, 0.2) is 22.7 Å². The topological polar surface area (TPSA) is 123 Å². The van der Waals surface area contributed by atoms with Crippen LogP contribution in [0, 0.1) is 13.8 Å². The number of carboxylic acid groups (broad SMARTS) is 1. The number of anilines is 1. The first-order valence-electron chi connectivity index (χ1n) is 13.1. The molecule has 15 heteroatoms. The molecule has 1 saturated heterocycles. The van der Waals surface area contributed by atoms with Gasteiger partial charge in [0.05, 0.1) is 22.3 Å². The van der Waals surface area contributed by atoms with Gasteiger partial charge in [-0.3, -0.25) is 14.3 Å². The Morgan fingerprint density at radius 2 is 1.86 bits per heavy atom. The second kappa shape index (κ2) is 10.8. The first-order chi connectivity index (χ1) is 20.4. The molecule has 1 aromatic carbocycles. The Hall–Kier alpha value is -4.30. The maximum Gasteiger partial charge on any atom is 0.437 e. The molecule has 0 unspecified atom stereocenters. The first-order valence-corrected chi connectivity index (χ1v) is 14.3. The van der Waals surface area contributed by atoms with E-state index in [1.807, 2.05) is 6.07 Å². The summed E-state index contributed by atoms with van der Waals surface area (Å²) in [6.07, 6.45) is -4.03. The summed E-state index contributed by atoms with van der Waals surface area (Å²) in [4.78, 5) is 42.9. The Kier molecular flexibility index (Phi) is 7.21. The van der Waals surface area contributed by atoms with Crippen molar-refractivity contribution in [1.82, 2.24) is 24.5 Å². The van der Waals surface area contributed by atoms with Crippen LogP contribution in [-0.4, -0.2) is 55.3 Å². The summed E-state index contributed by atoms with van der Waals surface area (Å²) in [5.74, 6) is -0.876. The van der Waals surface area contributed by atoms with Crippen molar-refractivity contribution in [2.75, 3.05) is 24.6 Å². The van der Waals surface area contributed by atoms with E-state index in [2.05, 4.69) is 19.9 Å². The Labute approximate surface area is 250 Å². The Morgan fingerprint density at radius 3 is 2.53 bits per heavy atom. The van der Waals surface area contributed by atoms with Crippen LogP contribution in [-0.2, 0) is 12.7 Å². The molecule has 4 aromatic heterocycles. The number of aromatic carboxylic acids is 1. The van der Waals surface area contributed by atoms with Gasteiger partial charge < -0.3 is 14.7 Å². The highest BCUT2D eigenvalue weighted by Crippen LogP contribution is 2.40.